The molecule has 108 valence electrons. The van der Waals surface area contributed by atoms with Gasteiger partial charge in [0.2, 0.25) is 0 Å². The molecular formula is C14H20N4O2. The molecule has 1 aromatic heterocycles. The van der Waals surface area contributed by atoms with Crippen LogP contribution in [0.25, 0.3) is 0 Å². The molecule has 0 bridgehead atoms. The average Bonchev–Trinajstić information content (AvgIpc) is 2.78. The Morgan fingerprint density at radius 3 is 2.25 bits per heavy atom. The largest absolute Gasteiger partial charge is 0.496 e. The number of methoxy groups -OCH3 is 2. The van der Waals surface area contributed by atoms with Crippen LogP contribution < -0.4 is 20.7 Å². The Hall–Kier alpha value is -2.05. The van der Waals surface area contributed by atoms with Crippen LogP contribution in [0.15, 0.2) is 24.4 Å². The molecule has 0 spiro atoms. The quantitative estimate of drug-likeness (QED) is 0.636. The summed E-state index contributed by atoms with van der Waals surface area (Å²) in [5.41, 5.74) is 5.57. The summed E-state index contributed by atoms with van der Waals surface area (Å²) in [6, 6.07) is 5.39. The predicted octanol–water partition coefficient (Wildman–Crippen LogP) is 1.30. The van der Waals surface area contributed by atoms with Crippen LogP contribution in [0.2, 0.25) is 0 Å². The third-order valence-electron chi connectivity index (χ3n) is 3.28. The lowest BCUT2D eigenvalue weighted by atomic mass is 9.98. The molecule has 0 saturated carbocycles. The summed E-state index contributed by atoms with van der Waals surface area (Å²) >= 11 is 0. The molecule has 1 unspecified atom stereocenters. The van der Waals surface area contributed by atoms with Crippen molar-refractivity contribution in [3.8, 4) is 11.5 Å². The van der Waals surface area contributed by atoms with Crippen LogP contribution in [0, 0.1) is 6.92 Å². The highest BCUT2D eigenvalue weighted by Gasteiger charge is 2.24. The van der Waals surface area contributed by atoms with E-state index in [9.17, 15) is 0 Å². The van der Waals surface area contributed by atoms with Gasteiger partial charge in [0.25, 0.3) is 0 Å². The summed E-state index contributed by atoms with van der Waals surface area (Å²) in [7, 11) is 5.13. The van der Waals surface area contributed by atoms with E-state index in [-0.39, 0.29) is 6.04 Å². The molecule has 2 rings (SSSR count). The number of hydrogen-bond donors (Lipinski definition) is 2. The van der Waals surface area contributed by atoms with Crippen molar-refractivity contribution in [2.45, 2.75) is 13.0 Å². The standard InChI is InChI=1S/C14H20N4O2/c1-9-10(8-18(2)17-9)14(16-15)13-11(19-3)6-5-7-12(13)20-4/h5-8,14,16H,15H2,1-4H3. The lowest BCUT2D eigenvalue weighted by Gasteiger charge is -2.21. The van der Waals surface area contributed by atoms with Crippen LogP contribution in [0.1, 0.15) is 22.9 Å². The van der Waals surface area contributed by atoms with Gasteiger partial charge in [-0.15, -0.1) is 0 Å². The number of rotatable bonds is 5. The number of ether oxygens (including phenoxy) is 2. The molecule has 0 saturated heterocycles. The van der Waals surface area contributed by atoms with Crippen LogP contribution in [-0.2, 0) is 7.05 Å². The van der Waals surface area contributed by atoms with Gasteiger partial charge in [-0.2, -0.15) is 5.10 Å². The third kappa shape index (κ3) is 2.48. The number of nitrogens with zero attached hydrogens (tertiary/aromatic N) is 2. The van der Waals surface area contributed by atoms with Gasteiger partial charge in [0.05, 0.1) is 31.5 Å². The minimum absolute atomic E-state index is 0.255. The second-order valence-electron chi connectivity index (χ2n) is 4.52. The lowest BCUT2D eigenvalue weighted by molar-refractivity contribution is 0.377. The van der Waals surface area contributed by atoms with E-state index in [0.29, 0.717) is 0 Å². The van der Waals surface area contributed by atoms with Gasteiger partial charge in [0, 0.05) is 18.8 Å². The first kappa shape index (κ1) is 14.4. The number of aromatic nitrogens is 2. The predicted molar refractivity (Wildman–Crippen MR) is 76.7 cm³/mol. The fraction of sp³-hybridized carbons (Fsp3) is 0.357. The fourth-order valence-corrected chi connectivity index (χ4v) is 2.39. The highest BCUT2D eigenvalue weighted by atomic mass is 16.5. The minimum atomic E-state index is -0.255. The molecule has 0 amide bonds. The zero-order valence-corrected chi connectivity index (χ0v) is 12.2. The van der Waals surface area contributed by atoms with Crippen LogP contribution in [0.4, 0.5) is 0 Å². The normalized spacial score (nSPS) is 12.2. The smallest absolute Gasteiger partial charge is 0.127 e. The Morgan fingerprint density at radius 1 is 1.25 bits per heavy atom. The molecule has 0 aliphatic rings. The first-order valence-corrected chi connectivity index (χ1v) is 6.29. The van der Waals surface area contributed by atoms with E-state index >= 15 is 0 Å². The monoisotopic (exact) mass is 276 g/mol. The second-order valence-corrected chi connectivity index (χ2v) is 4.52. The van der Waals surface area contributed by atoms with Crippen molar-refractivity contribution >= 4 is 0 Å². The SMILES string of the molecule is COc1cccc(OC)c1C(NN)c1cn(C)nc1C. The first-order chi connectivity index (χ1) is 9.62. The lowest BCUT2D eigenvalue weighted by Crippen LogP contribution is -2.29. The number of hydrogen-bond acceptors (Lipinski definition) is 5. The number of aryl methyl sites for hydroxylation is 2. The molecule has 0 aliphatic heterocycles. The topological polar surface area (TPSA) is 74.3 Å². The fourth-order valence-electron chi connectivity index (χ4n) is 2.39. The van der Waals surface area contributed by atoms with E-state index < -0.39 is 0 Å². The summed E-state index contributed by atoms with van der Waals surface area (Å²) in [6.07, 6.45) is 1.94. The van der Waals surface area contributed by atoms with E-state index in [4.69, 9.17) is 15.3 Å². The minimum Gasteiger partial charge on any atom is -0.496 e. The van der Waals surface area contributed by atoms with Crippen molar-refractivity contribution in [2.24, 2.45) is 12.9 Å². The molecule has 2 aromatic rings. The molecule has 6 heteroatoms. The Balaban J connectivity index is 2.59. The molecule has 6 nitrogen and oxygen atoms in total. The van der Waals surface area contributed by atoms with E-state index in [1.807, 2.05) is 38.4 Å². The van der Waals surface area contributed by atoms with Gasteiger partial charge in [-0.3, -0.25) is 10.5 Å². The molecule has 1 aromatic carbocycles. The van der Waals surface area contributed by atoms with E-state index in [2.05, 4.69) is 10.5 Å². The van der Waals surface area contributed by atoms with Crippen LogP contribution in [0.3, 0.4) is 0 Å². The third-order valence-corrected chi connectivity index (χ3v) is 3.28. The van der Waals surface area contributed by atoms with Crippen molar-refractivity contribution in [1.29, 1.82) is 0 Å². The molecule has 1 atom stereocenters. The highest BCUT2D eigenvalue weighted by molar-refractivity contribution is 5.50. The first-order valence-electron chi connectivity index (χ1n) is 6.29. The second kappa shape index (κ2) is 5.94. The maximum atomic E-state index is 5.76. The van der Waals surface area contributed by atoms with E-state index in [1.165, 1.54) is 0 Å². The summed E-state index contributed by atoms with van der Waals surface area (Å²) < 4.78 is 12.6. The van der Waals surface area contributed by atoms with Crippen molar-refractivity contribution in [3.63, 3.8) is 0 Å². The maximum absolute atomic E-state index is 5.76. The van der Waals surface area contributed by atoms with E-state index in [1.54, 1.807) is 18.9 Å². The van der Waals surface area contributed by atoms with Gasteiger partial charge >= 0.3 is 0 Å². The van der Waals surface area contributed by atoms with Crippen molar-refractivity contribution in [2.75, 3.05) is 14.2 Å². The molecule has 0 fully saturated rings. The Morgan fingerprint density at radius 2 is 1.85 bits per heavy atom. The zero-order valence-electron chi connectivity index (χ0n) is 12.2. The molecule has 3 N–H and O–H groups in total. The average molecular weight is 276 g/mol. The Bertz CT molecular complexity index is 573. The zero-order chi connectivity index (χ0) is 14.7. The molecule has 0 aliphatic carbocycles. The van der Waals surface area contributed by atoms with Crippen LogP contribution in [0.5, 0.6) is 11.5 Å². The summed E-state index contributed by atoms with van der Waals surface area (Å²) in [5, 5.41) is 4.36. The van der Waals surface area contributed by atoms with Gasteiger partial charge in [-0.25, -0.2) is 5.43 Å². The van der Waals surface area contributed by atoms with Crippen LogP contribution >= 0.6 is 0 Å². The Labute approximate surface area is 118 Å². The van der Waals surface area contributed by atoms with Crippen molar-refractivity contribution in [3.05, 3.63) is 41.2 Å². The van der Waals surface area contributed by atoms with Gasteiger partial charge in [-0.05, 0) is 19.1 Å². The number of nitrogens with one attached hydrogen (secondary N) is 1. The van der Waals surface area contributed by atoms with Crippen LogP contribution in [-0.4, -0.2) is 24.0 Å². The summed E-state index contributed by atoms with van der Waals surface area (Å²) in [6.45, 7) is 1.95. The Kier molecular flexibility index (Phi) is 4.26. The molecule has 20 heavy (non-hydrogen) atoms. The van der Waals surface area contributed by atoms with Gasteiger partial charge < -0.3 is 9.47 Å². The number of nitrogens with two attached hydrogens (primary N) is 1. The summed E-state index contributed by atoms with van der Waals surface area (Å²) in [5.74, 6) is 7.20. The molecule has 0 radical (unpaired) electrons. The number of hydrazine groups is 1. The van der Waals surface area contributed by atoms with E-state index in [0.717, 1.165) is 28.3 Å². The summed E-state index contributed by atoms with van der Waals surface area (Å²) in [4.78, 5) is 0. The molecular weight excluding hydrogens is 256 g/mol. The maximum Gasteiger partial charge on any atom is 0.127 e. The van der Waals surface area contributed by atoms with Crippen molar-refractivity contribution < 1.29 is 9.47 Å². The van der Waals surface area contributed by atoms with Gasteiger partial charge in [0.15, 0.2) is 0 Å². The van der Waals surface area contributed by atoms with Crippen molar-refractivity contribution in [1.82, 2.24) is 15.2 Å². The van der Waals surface area contributed by atoms with Gasteiger partial charge in [0.1, 0.15) is 11.5 Å². The highest BCUT2D eigenvalue weighted by Crippen LogP contribution is 2.37. The molecule has 1 heterocycles. The number of benzene rings is 1. The van der Waals surface area contributed by atoms with Gasteiger partial charge in [-0.1, -0.05) is 6.07 Å².